The standard InChI is InChI=1S/C27H31N3O3.2ClH/c1-7-8-23-20-15-25(33-6)24(32-5)14-19(20)21(27(31)29-23)13-18-12-17-11-16(2)9-10-22(17)28-26(18)30(3)4;;/h9-12,14-15H,7-8,13H2,1-6H3,(H,29,31);2*1H. The van der Waals surface area contributed by atoms with Gasteiger partial charge in [-0.1, -0.05) is 25.0 Å². The number of halogens is 2. The molecular formula is C27H33Cl2N3O3. The van der Waals surface area contributed by atoms with Crippen LogP contribution in [0.2, 0.25) is 0 Å². The zero-order valence-electron chi connectivity index (χ0n) is 21.0. The first-order valence-electron chi connectivity index (χ1n) is 11.2. The molecule has 1 N–H and O–H groups in total. The number of rotatable bonds is 7. The summed E-state index contributed by atoms with van der Waals surface area (Å²) in [4.78, 5) is 11.5. The molecule has 4 aromatic rings. The molecule has 2 heterocycles. The van der Waals surface area contributed by atoms with Crippen molar-refractivity contribution in [1.82, 2.24) is 9.97 Å². The molecule has 0 bridgehead atoms. The lowest BCUT2D eigenvalue weighted by molar-refractivity contribution is 0.355. The Hall–Kier alpha value is -2.96. The summed E-state index contributed by atoms with van der Waals surface area (Å²) in [6.07, 6.45) is 2.18. The Bertz CT molecular complexity index is 1340. The van der Waals surface area contributed by atoms with Crippen LogP contribution in [0.25, 0.3) is 21.7 Å². The number of aryl methyl sites for hydroxylation is 2. The van der Waals surface area contributed by atoms with E-state index < -0.39 is 0 Å². The fourth-order valence-corrected chi connectivity index (χ4v) is 4.38. The van der Waals surface area contributed by atoms with E-state index in [1.54, 1.807) is 14.2 Å². The summed E-state index contributed by atoms with van der Waals surface area (Å²) in [6.45, 7) is 4.18. The first kappa shape index (κ1) is 28.3. The summed E-state index contributed by atoms with van der Waals surface area (Å²) >= 11 is 0. The molecule has 0 radical (unpaired) electrons. The highest BCUT2D eigenvalue weighted by Crippen LogP contribution is 2.39. The Balaban J connectivity index is 0.00000216. The fourth-order valence-electron chi connectivity index (χ4n) is 4.38. The number of aromatic hydroxyl groups is 1. The van der Waals surface area contributed by atoms with E-state index in [1.165, 1.54) is 5.56 Å². The van der Waals surface area contributed by atoms with Crippen LogP contribution in [0.15, 0.2) is 36.4 Å². The van der Waals surface area contributed by atoms with Crippen LogP contribution in [-0.4, -0.2) is 43.4 Å². The van der Waals surface area contributed by atoms with Gasteiger partial charge in [0, 0.05) is 36.9 Å². The van der Waals surface area contributed by atoms with E-state index in [1.807, 2.05) is 37.2 Å². The van der Waals surface area contributed by atoms with Gasteiger partial charge in [0.15, 0.2) is 11.5 Å². The van der Waals surface area contributed by atoms with E-state index in [0.717, 1.165) is 57.2 Å². The van der Waals surface area contributed by atoms with Gasteiger partial charge in [-0.15, -0.1) is 24.8 Å². The van der Waals surface area contributed by atoms with E-state index in [2.05, 4.69) is 37.0 Å². The molecule has 2 aromatic heterocycles. The predicted octanol–water partition coefficient (Wildman–Crippen LogP) is 6.27. The predicted molar refractivity (Wildman–Crippen MR) is 149 cm³/mol. The first-order valence-corrected chi connectivity index (χ1v) is 11.2. The lowest BCUT2D eigenvalue weighted by Gasteiger charge is -2.20. The molecule has 0 saturated heterocycles. The molecule has 188 valence electrons. The van der Waals surface area contributed by atoms with Gasteiger partial charge in [0.2, 0.25) is 5.88 Å². The zero-order chi connectivity index (χ0) is 23.7. The van der Waals surface area contributed by atoms with Crippen molar-refractivity contribution in [1.29, 1.82) is 0 Å². The smallest absolute Gasteiger partial charge is 0.215 e. The van der Waals surface area contributed by atoms with Crippen LogP contribution in [0.4, 0.5) is 5.82 Å². The summed E-state index contributed by atoms with van der Waals surface area (Å²) in [6, 6.07) is 12.3. The van der Waals surface area contributed by atoms with Gasteiger partial charge in [0.1, 0.15) is 5.82 Å². The van der Waals surface area contributed by atoms with Gasteiger partial charge in [0.25, 0.3) is 0 Å². The lowest BCUT2D eigenvalue weighted by Crippen LogP contribution is -2.14. The number of aromatic nitrogens is 2. The highest BCUT2D eigenvalue weighted by Gasteiger charge is 2.20. The quantitative estimate of drug-likeness (QED) is 0.311. The monoisotopic (exact) mass is 517 g/mol. The van der Waals surface area contributed by atoms with Crippen LogP contribution in [0.3, 0.4) is 0 Å². The van der Waals surface area contributed by atoms with Gasteiger partial charge in [-0.25, -0.2) is 9.97 Å². The van der Waals surface area contributed by atoms with Crippen LogP contribution in [-0.2, 0) is 12.8 Å². The maximum absolute atomic E-state index is 11.0. The average molecular weight is 518 g/mol. The number of benzene rings is 2. The van der Waals surface area contributed by atoms with Gasteiger partial charge in [-0.3, -0.25) is 0 Å². The van der Waals surface area contributed by atoms with Crippen molar-refractivity contribution >= 4 is 52.3 Å². The highest BCUT2D eigenvalue weighted by molar-refractivity contribution is 5.92. The van der Waals surface area contributed by atoms with Gasteiger partial charge in [-0.2, -0.15) is 0 Å². The number of nitrogens with zero attached hydrogens (tertiary/aromatic N) is 3. The molecule has 0 aliphatic rings. The summed E-state index contributed by atoms with van der Waals surface area (Å²) in [7, 11) is 7.22. The van der Waals surface area contributed by atoms with Crippen molar-refractivity contribution in [2.45, 2.75) is 33.1 Å². The molecule has 0 spiro atoms. The lowest BCUT2D eigenvalue weighted by atomic mass is 9.96. The molecule has 2 aromatic carbocycles. The fraction of sp³-hybridized carbons (Fsp3) is 0.333. The molecular weight excluding hydrogens is 485 g/mol. The average Bonchev–Trinajstić information content (AvgIpc) is 2.80. The Morgan fingerprint density at radius 3 is 2.17 bits per heavy atom. The van der Waals surface area contributed by atoms with Crippen LogP contribution >= 0.6 is 24.8 Å². The van der Waals surface area contributed by atoms with Crippen molar-refractivity contribution in [3.05, 3.63) is 58.8 Å². The molecule has 0 amide bonds. The van der Waals surface area contributed by atoms with Crippen LogP contribution in [0.5, 0.6) is 17.4 Å². The Morgan fingerprint density at radius 2 is 1.57 bits per heavy atom. The largest absolute Gasteiger partial charge is 0.493 e. The van der Waals surface area contributed by atoms with Crippen LogP contribution in [0, 0.1) is 6.92 Å². The van der Waals surface area contributed by atoms with E-state index in [0.29, 0.717) is 17.9 Å². The molecule has 0 saturated carbocycles. The van der Waals surface area contributed by atoms with Crippen molar-refractivity contribution in [3.63, 3.8) is 0 Å². The molecule has 0 atom stereocenters. The van der Waals surface area contributed by atoms with Gasteiger partial charge in [0.05, 0.1) is 25.4 Å². The Kier molecular flexibility index (Phi) is 9.41. The molecule has 4 rings (SSSR count). The minimum Gasteiger partial charge on any atom is -0.493 e. The summed E-state index contributed by atoms with van der Waals surface area (Å²) < 4.78 is 11.1. The molecule has 0 aliphatic heterocycles. The maximum atomic E-state index is 11.0. The molecule has 0 fully saturated rings. The molecule has 6 nitrogen and oxygen atoms in total. The Morgan fingerprint density at radius 1 is 0.914 bits per heavy atom. The molecule has 35 heavy (non-hydrogen) atoms. The minimum absolute atomic E-state index is 0. The number of pyridine rings is 2. The normalized spacial score (nSPS) is 10.6. The van der Waals surface area contributed by atoms with Crippen molar-refractivity contribution < 1.29 is 14.6 Å². The highest BCUT2D eigenvalue weighted by atomic mass is 35.5. The van der Waals surface area contributed by atoms with Crippen LogP contribution in [0.1, 0.15) is 35.7 Å². The van der Waals surface area contributed by atoms with Gasteiger partial charge in [-0.05, 0) is 54.6 Å². The molecule has 0 unspecified atom stereocenters. The number of hydrogen-bond donors (Lipinski definition) is 1. The number of hydrogen-bond acceptors (Lipinski definition) is 6. The topological polar surface area (TPSA) is 67.7 Å². The first-order chi connectivity index (χ1) is 15.9. The third-order valence-corrected chi connectivity index (χ3v) is 5.97. The van der Waals surface area contributed by atoms with Gasteiger partial charge >= 0.3 is 0 Å². The maximum Gasteiger partial charge on any atom is 0.215 e. The molecule has 8 heteroatoms. The van der Waals surface area contributed by atoms with Crippen molar-refractivity contribution in [2.24, 2.45) is 0 Å². The third-order valence-electron chi connectivity index (χ3n) is 5.97. The second-order valence-corrected chi connectivity index (χ2v) is 8.60. The zero-order valence-corrected chi connectivity index (χ0v) is 22.6. The third kappa shape index (κ3) is 5.49. The van der Waals surface area contributed by atoms with Gasteiger partial charge < -0.3 is 19.5 Å². The SMILES string of the molecule is CCCc1nc(O)c(Cc2cc3cc(C)ccc3nc2N(C)C)c2cc(OC)c(OC)cc12.Cl.Cl. The van der Waals surface area contributed by atoms with Crippen molar-refractivity contribution in [3.8, 4) is 17.4 Å². The summed E-state index contributed by atoms with van der Waals surface area (Å²) in [5, 5.41) is 14.0. The van der Waals surface area contributed by atoms with E-state index in [4.69, 9.17) is 14.5 Å². The summed E-state index contributed by atoms with van der Waals surface area (Å²) in [5.41, 5.74) is 4.76. The molecule has 0 aliphatic carbocycles. The number of methoxy groups -OCH3 is 2. The number of ether oxygens (including phenoxy) is 2. The number of anilines is 1. The Labute approximate surface area is 219 Å². The second-order valence-electron chi connectivity index (χ2n) is 8.60. The second kappa shape index (κ2) is 11.6. The minimum atomic E-state index is 0. The van der Waals surface area contributed by atoms with E-state index in [9.17, 15) is 5.11 Å². The van der Waals surface area contributed by atoms with E-state index >= 15 is 0 Å². The number of fused-ring (bicyclic) bond motifs is 2. The summed E-state index contributed by atoms with van der Waals surface area (Å²) in [5.74, 6) is 2.20. The van der Waals surface area contributed by atoms with Crippen molar-refractivity contribution in [2.75, 3.05) is 33.2 Å². The van der Waals surface area contributed by atoms with E-state index in [-0.39, 0.29) is 30.7 Å². The van der Waals surface area contributed by atoms with Crippen LogP contribution < -0.4 is 14.4 Å².